The quantitative estimate of drug-likeness (QED) is 0.602. The van der Waals surface area contributed by atoms with Crippen LogP contribution in [0.25, 0.3) is 0 Å². The van der Waals surface area contributed by atoms with Gasteiger partial charge in [0.15, 0.2) is 5.78 Å². The Kier molecular flexibility index (Phi) is 4.97. The maximum Gasteiger partial charge on any atom is 0.336 e. The van der Waals surface area contributed by atoms with Crippen molar-refractivity contribution in [2.75, 3.05) is 19.8 Å². The van der Waals surface area contributed by atoms with Crippen LogP contribution in [-0.2, 0) is 19.1 Å². The highest BCUT2D eigenvalue weighted by Crippen LogP contribution is 2.68. The lowest BCUT2D eigenvalue weighted by molar-refractivity contribution is -0.200. The van der Waals surface area contributed by atoms with E-state index >= 15 is 0 Å². The molecule has 7 atom stereocenters. The Labute approximate surface area is 171 Å². The molecule has 0 unspecified atom stereocenters. The summed E-state index contributed by atoms with van der Waals surface area (Å²) < 4.78 is 11.2. The lowest BCUT2D eigenvalue weighted by Crippen LogP contribution is -2.65. The molecular formula is C22H32O7. The third-order valence-electron chi connectivity index (χ3n) is 8.60. The van der Waals surface area contributed by atoms with Gasteiger partial charge in [0.2, 0.25) is 6.29 Å². The van der Waals surface area contributed by atoms with Gasteiger partial charge in [-0.15, -0.1) is 0 Å². The highest BCUT2D eigenvalue weighted by Gasteiger charge is 2.67. The van der Waals surface area contributed by atoms with Crippen LogP contribution in [-0.4, -0.2) is 59.3 Å². The molecule has 0 aromatic rings. The molecule has 0 amide bonds. The molecule has 2 saturated carbocycles. The van der Waals surface area contributed by atoms with Crippen molar-refractivity contribution in [3.05, 3.63) is 11.1 Å². The van der Waals surface area contributed by atoms with Crippen molar-refractivity contribution >= 4 is 11.8 Å². The van der Waals surface area contributed by atoms with Crippen LogP contribution in [0.4, 0.5) is 0 Å². The number of ether oxygens (including phenoxy) is 2. The Morgan fingerprint density at radius 3 is 2.48 bits per heavy atom. The predicted molar refractivity (Wildman–Crippen MR) is 102 cm³/mol. The predicted octanol–water partition coefficient (Wildman–Crippen LogP) is 1.34. The van der Waals surface area contributed by atoms with Crippen molar-refractivity contribution in [2.24, 2.45) is 28.1 Å². The first kappa shape index (κ1) is 21.0. The number of ketones is 1. The molecule has 29 heavy (non-hydrogen) atoms. The fourth-order valence-electron chi connectivity index (χ4n) is 7.35. The summed E-state index contributed by atoms with van der Waals surface area (Å²) in [5.74, 6) is -0.762. The van der Waals surface area contributed by atoms with Crippen molar-refractivity contribution in [2.45, 2.75) is 65.3 Å². The molecule has 0 bridgehead atoms. The third kappa shape index (κ3) is 2.57. The van der Waals surface area contributed by atoms with E-state index in [1.165, 1.54) is 0 Å². The minimum absolute atomic E-state index is 0.0666. The Balaban J connectivity index is 1.83. The van der Waals surface area contributed by atoms with Crippen molar-refractivity contribution in [1.82, 2.24) is 0 Å². The Morgan fingerprint density at radius 1 is 1.14 bits per heavy atom. The number of carbonyl (C=O) groups is 2. The summed E-state index contributed by atoms with van der Waals surface area (Å²) in [7, 11) is 0. The number of rotatable bonds is 4. The zero-order valence-corrected chi connectivity index (χ0v) is 17.4. The second-order valence-corrected chi connectivity index (χ2v) is 9.80. The SMILES string of the molecule is CCO[C@H]1OC(=O)C2=C1[C@]1(CO)CC[C@@H]3[C@](C)(CC(=O)[C@H](O)[C@]3(C)CO)[C@H]1CC2. The maximum absolute atomic E-state index is 12.8. The molecule has 0 saturated heterocycles. The van der Waals surface area contributed by atoms with Crippen molar-refractivity contribution in [1.29, 1.82) is 0 Å². The number of fused-ring (bicyclic) bond motifs is 4. The summed E-state index contributed by atoms with van der Waals surface area (Å²) in [5, 5.41) is 31.4. The van der Waals surface area contributed by atoms with Gasteiger partial charge < -0.3 is 24.8 Å². The zero-order valence-electron chi connectivity index (χ0n) is 17.4. The number of carbonyl (C=O) groups excluding carboxylic acids is 2. The molecule has 7 heteroatoms. The first-order valence-corrected chi connectivity index (χ1v) is 10.7. The van der Waals surface area contributed by atoms with E-state index in [0.717, 1.165) is 5.57 Å². The molecule has 4 aliphatic rings. The molecule has 3 aliphatic carbocycles. The van der Waals surface area contributed by atoms with Gasteiger partial charge in [-0.1, -0.05) is 13.8 Å². The van der Waals surface area contributed by atoms with E-state index in [-0.39, 0.29) is 43.2 Å². The van der Waals surface area contributed by atoms with Gasteiger partial charge in [0.1, 0.15) is 6.10 Å². The molecule has 1 aliphatic heterocycles. The molecule has 0 radical (unpaired) electrons. The van der Waals surface area contributed by atoms with Crippen LogP contribution in [0.5, 0.6) is 0 Å². The maximum atomic E-state index is 12.8. The van der Waals surface area contributed by atoms with E-state index in [1.807, 2.05) is 6.92 Å². The number of cyclic esters (lactones) is 1. The molecule has 4 rings (SSSR count). The number of aliphatic hydroxyl groups is 3. The first-order chi connectivity index (χ1) is 13.7. The minimum atomic E-state index is -1.18. The summed E-state index contributed by atoms with van der Waals surface area (Å²) in [4.78, 5) is 25.3. The second kappa shape index (κ2) is 6.87. The number of Topliss-reactive ketones (excluding diaryl/α,β-unsaturated/α-hetero) is 1. The van der Waals surface area contributed by atoms with E-state index < -0.39 is 28.6 Å². The van der Waals surface area contributed by atoms with Crippen LogP contribution in [0.2, 0.25) is 0 Å². The van der Waals surface area contributed by atoms with E-state index in [1.54, 1.807) is 6.92 Å². The van der Waals surface area contributed by atoms with E-state index in [9.17, 15) is 24.9 Å². The monoisotopic (exact) mass is 408 g/mol. The number of esters is 1. The summed E-state index contributed by atoms with van der Waals surface area (Å²) in [6.45, 7) is 5.66. The molecule has 3 N–H and O–H groups in total. The van der Waals surface area contributed by atoms with E-state index in [4.69, 9.17) is 9.47 Å². The lowest BCUT2D eigenvalue weighted by Gasteiger charge is -2.64. The molecule has 0 spiro atoms. The summed E-state index contributed by atoms with van der Waals surface area (Å²) in [6.07, 6.45) is 0.662. The smallest absolute Gasteiger partial charge is 0.336 e. The molecule has 0 aromatic carbocycles. The van der Waals surface area contributed by atoms with Gasteiger partial charge in [0, 0.05) is 35.0 Å². The van der Waals surface area contributed by atoms with Crippen LogP contribution >= 0.6 is 0 Å². The molecule has 2 fully saturated rings. The molecule has 1 heterocycles. The Morgan fingerprint density at radius 2 is 1.86 bits per heavy atom. The van der Waals surface area contributed by atoms with Crippen molar-refractivity contribution < 1.29 is 34.4 Å². The summed E-state index contributed by atoms with van der Waals surface area (Å²) in [6, 6.07) is 0. The molecule has 0 aromatic heterocycles. The molecular weight excluding hydrogens is 376 g/mol. The number of hydrogen-bond donors (Lipinski definition) is 3. The Bertz CT molecular complexity index is 760. The molecule has 7 nitrogen and oxygen atoms in total. The standard InChI is InChI=1S/C22H32O7/c1-4-28-19-16-12(18(27)29-19)5-6-15-20(2)9-13(25)17(26)21(3,10-23)14(20)7-8-22(15,16)11-24/h14-15,17,19,23-24,26H,4-11H2,1-3H3/t14-,15-,17+,19+,20+,21-,22+/m1/s1. The highest BCUT2D eigenvalue weighted by atomic mass is 16.7. The lowest BCUT2D eigenvalue weighted by atomic mass is 9.39. The van der Waals surface area contributed by atoms with E-state index in [2.05, 4.69) is 6.92 Å². The summed E-state index contributed by atoms with van der Waals surface area (Å²) >= 11 is 0. The third-order valence-corrected chi connectivity index (χ3v) is 8.60. The molecule has 162 valence electrons. The van der Waals surface area contributed by atoms with Gasteiger partial charge in [0.05, 0.1) is 13.2 Å². The Hall–Kier alpha value is -1.28. The van der Waals surface area contributed by atoms with Gasteiger partial charge in [-0.3, -0.25) is 4.79 Å². The van der Waals surface area contributed by atoms with Gasteiger partial charge in [-0.05, 0) is 49.9 Å². The number of hydrogen-bond acceptors (Lipinski definition) is 7. The topological polar surface area (TPSA) is 113 Å². The average Bonchev–Trinajstić information content (AvgIpc) is 3.02. The fraction of sp³-hybridized carbons (Fsp3) is 0.818. The van der Waals surface area contributed by atoms with E-state index in [0.29, 0.717) is 37.9 Å². The van der Waals surface area contributed by atoms with Gasteiger partial charge in [-0.2, -0.15) is 0 Å². The van der Waals surface area contributed by atoms with Gasteiger partial charge >= 0.3 is 5.97 Å². The van der Waals surface area contributed by atoms with Crippen molar-refractivity contribution in [3.63, 3.8) is 0 Å². The normalized spacial score (nSPS) is 46.8. The number of aliphatic hydroxyl groups excluding tert-OH is 3. The summed E-state index contributed by atoms with van der Waals surface area (Å²) in [5.41, 5.74) is -0.740. The second-order valence-electron chi connectivity index (χ2n) is 9.80. The van der Waals surface area contributed by atoms with Gasteiger partial charge in [0.25, 0.3) is 0 Å². The van der Waals surface area contributed by atoms with Gasteiger partial charge in [-0.25, -0.2) is 4.79 Å². The van der Waals surface area contributed by atoms with Crippen LogP contribution in [0.1, 0.15) is 52.9 Å². The largest absolute Gasteiger partial charge is 0.428 e. The van der Waals surface area contributed by atoms with Crippen molar-refractivity contribution in [3.8, 4) is 0 Å². The highest BCUT2D eigenvalue weighted by molar-refractivity contribution is 5.93. The van der Waals surface area contributed by atoms with Crippen LogP contribution in [0.15, 0.2) is 11.1 Å². The average molecular weight is 408 g/mol. The fourth-order valence-corrected chi connectivity index (χ4v) is 7.35. The van der Waals surface area contributed by atoms with Crippen LogP contribution < -0.4 is 0 Å². The van der Waals surface area contributed by atoms with Crippen LogP contribution in [0.3, 0.4) is 0 Å². The minimum Gasteiger partial charge on any atom is -0.428 e. The first-order valence-electron chi connectivity index (χ1n) is 10.7. The zero-order chi connectivity index (χ0) is 21.2. The van der Waals surface area contributed by atoms with Crippen LogP contribution in [0, 0.1) is 28.1 Å².